The number of β-amino-alcohol motifs (C(OH)–C–C–N with tert-alkyl or cyclic N) is 1. The molecule has 4 N–H and O–H groups in total. The maximum absolute atomic E-state index is 12.0. The van der Waals surface area contributed by atoms with E-state index in [1.54, 1.807) is 6.08 Å². The third-order valence-electron chi connectivity index (χ3n) is 4.01. The van der Waals surface area contributed by atoms with Gasteiger partial charge in [0.15, 0.2) is 0 Å². The van der Waals surface area contributed by atoms with Crippen molar-refractivity contribution in [3.63, 3.8) is 0 Å². The lowest BCUT2D eigenvalue weighted by Gasteiger charge is -2.30. The largest absolute Gasteiger partial charge is 0.405 e. The molecule has 0 spiro atoms. The van der Waals surface area contributed by atoms with Gasteiger partial charge in [0, 0.05) is 31.8 Å². The van der Waals surface area contributed by atoms with Gasteiger partial charge in [0.2, 0.25) is 0 Å². The van der Waals surface area contributed by atoms with Crippen LogP contribution in [0.25, 0.3) is 0 Å². The lowest BCUT2D eigenvalue weighted by atomic mass is 10.00. The Kier molecular flexibility index (Phi) is 6.78. The lowest BCUT2D eigenvalue weighted by molar-refractivity contribution is -0.117. The van der Waals surface area contributed by atoms with Gasteiger partial charge in [0.1, 0.15) is 0 Å². The molecule has 0 bridgehead atoms. The molecule has 0 fully saturated rings. The summed E-state index contributed by atoms with van der Waals surface area (Å²) in [5.74, 6) is -0.278. The minimum absolute atomic E-state index is 0.198. The smallest absolute Gasteiger partial charge is 0.251 e. The zero-order chi connectivity index (χ0) is 17.4. The van der Waals surface area contributed by atoms with E-state index >= 15 is 0 Å². The molecule has 5 heteroatoms. The number of fused-ring (bicyclic) bond motifs is 1. The van der Waals surface area contributed by atoms with Crippen LogP contribution in [0.4, 0.5) is 0 Å². The third kappa shape index (κ3) is 5.08. The third-order valence-corrected chi connectivity index (χ3v) is 4.01. The summed E-state index contributed by atoms with van der Waals surface area (Å²) in [5, 5.41) is 12.9. The van der Waals surface area contributed by atoms with Crippen molar-refractivity contribution < 1.29 is 9.90 Å². The highest BCUT2D eigenvalue weighted by molar-refractivity contribution is 5.96. The van der Waals surface area contributed by atoms with Crippen molar-refractivity contribution in [2.75, 3.05) is 19.6 Å². The second-order valence-corrected chi connectivity index (χ2v) is 5.83. The molecule has 0 radical (unpaired) electrons. The summed E-state index contributed by atoms with van der Waals surface area (Å²) < 4.78 is 0. The van der Waals surface area contributed by atoms with Gasteiger partial charge in [-0.05, 0) is 35.9 Å². The number of nitrogens with two attached hydrogens (primary N) is 1. The molecule has 24 heavy (non-hydrogen) atoms. The van der Waals surface area contributed by atoms with Gasteiger partial charge in [-0.15, -0.1) is 0 Å². The Morgan fingerprint density at radius 1 is 1.42 bits per heavy atom. The first-order valence-corrected chi connectivity index (χ1v) is 8.10. The maximum atomic E-state index is 12.0. The SMILES string of the molecule is C=C/C=C(\C=C/N)C(=O)NC[C@@H](O)CN1CCc2ccccc2C1. The van der Waals surface area contributed by atoms with Crippen molar-refractivity contribution in [3.8, 4) is 0 Å². The molecule has 128 valence electrons. The van der Waals surface area contributed by atoms with Crippen molar-refractivity contribution in [1.29, 1.82) is 0 Å². The predicted octanol–water partition coefficient (Wildman–Crippen LogP) is 1.11. The molecule has 2 rings (SSSR count). The van der Waals surface area contributed by atoms with E-state index in [-0.39, 0.29) is 12.5 Å². The molecule has 0 aliphatic carbocycles. The summed E-state index contributed by atoms with van der Waals surface area (Å²) in [6.45, 7) is 6.05. The number of allylic oxidation sites excluding steroid dienone is 2. The maximum Gasteiger partial charge on any atom is 0.251 e. The number of carbonyl (C=O) groups is 1. The van der Waals surface area contributed by atoms with Crippen LogP contribution in [0.1, 0.15) is 11.1 Å². The van der Waals surface area contributed by atoms with E-state index in [2.05, 4.69) is 35.0 Å². The van der Waals surface area contributed by atoms with Gasteiger partial charge in [-0.2, -0.15) is 0 Å². The Balaban J connectivity index is 1.81. The number of hydrogen-bond acceptors (Lipinski definition) is 4. The van der Waals surface area contributed by atoms with E-state index in [1.165, 1.54) is 29.5 Å². The van der Waals surface area contributed by atoms with Crippen LogP contribution < -0.4 is 11.1 Å². The Bertz CT molecular complexity index is 637. The number of benzene rings is 1. The van der Waals surface area contributed by atoms with Crippen molar-refractivity contribution in [1.82, 2.24) is 10.2 Å². The second kappa shape index (κ2) is 9.05. The number of aliphatic hydroxyl groups excluding tert-OH is 1. The van der Waals surface area contributed by atoms with Crippen LogP contribution in [0.3, 0.4) is 0 Å². The molecule has 0 aromatic heterocycles. The van der Waals surface area contributed by atoms with Gasteiger partial charge in [0.05, 0.1) is 6.10 Å². The van der Waals surface area contributed by atoms with Crippen LogP contribution in [0, 0.1) is 0 Å². The van der Waals surface area contributed by atoms with E-state index in [9.17, 15) is 9.90 Å². The number of hydrogen-bond donors (Lipinski definition) is 3. The fourth-order valence-corrected chi connectivity index (χ4v) is 2.82. The molecule has 1 aromatic carbocycles. The average Bonchev–Trinajstić information content (AvgIpc) is 2.59. The predicted molar refractivity (Wildman–Crippen MR) is 96.0 cm³/mol. The Labute approximate surface area is 143 Å². The Morgan fingerprint density at radius 3 is 2.88 bits per heavy atom. The topological polar surface area (TPSA) is 78.6 Å². The molecule has 0 unspecified atom stereocenters. The molecular weight excluding hydrogens is 302 g/mol. The molecule has 1 aliphatic rings. The molecule has 1 aliphatic heterocycles. The quantitative estimate of drug-likeness (QED) is 0.518. The highest BCUT2D eigenvalue weighted by Crippen LogP contribution is 2.18. The Hall–Kier alpha value is -2.37. The minimum atomic E-state index is -0.619. The fourth-order valence-electron chi connectivity index (χ4n) is 2.82. The number of nitrogens with zero attached hydrogens (tertiary/aromatic N) is 1. The summed E-state index contributed by atoms with van der Waals surface area (Å²) >= 11 is 0. The Morgan fingerprint density at radius 2 is 2.17 bits per heavy atom. The summed E-state index contributed by atoms with van der Waals surface area (Å²) in [7, 11) is 0. The van der Waals surface area contributed by atoms with E-state index in [1.807, 2.05) is 6.07 Å². The van der Waals surface area contributed by atoms with Crippen LogP contribution >= 0.6 is 0 Å². The highest BCUT2D eigenvalue weighted by atomic mass is 16.3. The van der Waals surface area contributed by atoms with E-state index in [0.717, 1.165) is 19.5 Å². The molecule has 1 amide bonds. The highest BCUT2D eigenvalue weighted by Gasteiger charge is 2.18. The molecule has 0 saturated heterocycles. The number of amides is 1. The van der Waals surface area contributed by atoms with Gasteiger partial charge in [-0.25, -0.2) is 0 Å². The van der Waals surface area contributed by atoms with Gasteiger partial charge in [0.25, 0.3) is 5.91 Å². The summed E-state index contributed by atoms with van der Waals surface area (Å²) in [6, 6.07) is 8.38. The second-order valence-electron chi connectivity index (χ2n) is 5.83. The van der Waals surface area contributed by atoms with E-state index < -0.39 is 6.10 Å². The molecule has 5 nitrogen and oxygen atoms in total. The molecular formula is C19H25N3O2. The van der Waals surface area contributed by atoms with Crippen LogP contribution in [0.15, 0.2) is 60.8 Å². The van der Waals surface area contributed by atoms with Crippen molar-refractivity contribution in [2.24, 2.45) is 5.73 Å². The summed E-state index contributed by atoms with van der Waals surface area (Å²) in [6.07, 6.45) is 6.28. The lowest BCUT2D eigenvalue weighted by Crippen LogP contribution is -2.42. The molecule has 1 aromatic rings. The normalized spacial score (nSPS) is 16.6. The monoisotopic (exact) mass is 327 g/mol. The van der Waals surface area contributed by atoms with Crippen molar-refractivity contribution in [2.45, 2.75) is 19.1 Å². The summed E-state index contributed by atoms with van der Waals surface area (Å²) in [5.41, 5.74) is 8.42. The van der Waals surface area contributed by atoms with Gasteiger partial charge in [-0.3, -0.25) is 9.69 Å². The molecule has 1 atom stereocenters. The standard InChI is InChI=1S/C19H25N3O2/c1-2-5-16(8-10-20)19(24)21-12-18(23)14-22-11-9-15-6-3-4-7-17(15)13-22/h2-8,10,18,23H,1,9,11-14,20H2,(H,21,24)/b10-8-,16-5+/t18-/m1/s1. The first-order valence-electron chi connectivity index (χ1n) is 8.10. The van der Waals surface area contributed by atoms with Crippen molar-refractivity contribution >= 4 is 5.91 Å². The van der Waals surface area contributed by atoms with Crippen molar-refractivity contribution in [3.05, 3.63) is 72.0 Å². The van der Waals surface area contributed by atoms with E-state index in [4.69, 9.17) is 5.73 Å². The molecule has 1 heterocycles. The number of nitrogens with one attached hydrogen (secondary N) is 1. The van der Waals surface area contributed by atoms with Gasteiger partial charge in [-0.1, -0.05) is 36.9 Å². The zero-order valence-corrected chi connectivity index (χ0v) is 13.8. The van der Waals surface area contributed by atoms with Crippen LogP contribution in [0.2, 0.25) is 0 Å². The number of rotatable bonds is 7. The average molecular weight is 327 g/mol. The first kappa shape index (κ1) is 18.0. The van der Waals surface area contributed by atoms with Crippen LogP contribution in [-0.4, -0.2) is 41.7 Å². The van der Waals surface area contributed by atoms with Crippen LogP contribution in [0.5, 0.6) is 0 Å². The van der Waals surface area contributed by atoms with E-state index in [0.29, 0.717) is 12.1 Å². The zero-order valence-electron chi connectivity index (χ0n) is 13.8. The number of aliphatic hydroxyl groups is 1. The number of carbonyl (C=O) groups excluding carboxylic acids is 1. The minimum Gasteiger partial charge on any atom is -0.405 e. The first-order chi connectivity index (χ1) is 11.6. The van der Waals surface area contributed by atoms with Gasteiger partial charge < -0.3 is 16.2 Å². The summed E-state index contributed by atoms with van der Waals surface area (Å²) in [4.78, 5) is 14.2. The fraction of sp³-hybridized carbons (Fsp3) is 0.316. The molecule has 0 saturated carbocycles. The van der Waals surface area contributed by atoms with Gasteiger partial charge >= 0.3 is 0 Å². The van der Waals surface area contributed by atoms with Crippen LogP contribution in [-0.2, 0) is 17.8 Å².